The number of likely N-dealkylation sites (N-methyl/N-ethyl adjacent to an activating group) is 1. The van der Waals surface area contributed by atoms with Crippen LogP contribution in [0.15, 0.2) is 42.5 Å². The smallest absolute Gasteiger partial charge is 0.0857 e. The minimum absolute atomic E-state index is 0.594. The van der Waals surface area contributed by atoms with E-state index in [0.717, 1.165) is 11.8 Å². The predicted molar refractivity (Wildman–Crippen MR) is 181 cm³/mol. The van der Waals surface area contributed by atoms with Crippen molar-refractivity contribution in [2.24, 2.45) is 53.3 Å². The van der Waals surface area contributed by atoms with Gasteiger partial charge in [-0.2, -0.15) is 0 Å². The van der Waals surface area contributed by atoms with Crippen LogP contribution in [-0.4, -0.2) is 31.7 Å². The first kappa shape index (κ1) is 20.4. The van der Waals surface area contributed by atoms with E-state index in [1.165, 1.54) is 17.6 Å². The number of benzene rings is 3. The molecule has 0 bridgehead atoms. The van der Waals surface area contributed by atoms with Gasteiger partial charge in [0.1, 0.15) is 0 Å². The lowest BCUT2D eigenvalue weighted by atomic mass is 9.64. The first-order valence-corrected chi connectivity index (χ1v) is 18.1. The van der Waals surface area contributed by atoms with Gasteiger partial charge >= 0.3 is 0 Å². The molecule has 12 unspecified atom stereocenters. The summed E-state index contributed by atoms with van der Waals surface area (Å²) in [5.41, 5.74) is 12.8. The van der Waals surface area contributed by atoms with Crippen LogP contribution in [0.3, 0.4) is 0 Å². The molecule has 1 saturated heterocycles. The van der Waals surface area contributed by atoms with Crippen molar-refractivity contribution in [3.8, 4) is 0 Å². The van der Waals surface area contributed by atoms with Crippen LogP contribution in [0.25, 0.3) is 76.7 Å². The minimum atomic E-state index is 0.594. The molecule has 0 spiro atoms. The summed E-state index contributed by atoms with van der Waals surface area (Å²) in [6.07, 6.45) is 16.5. The average molecular weight is 573 g/mol. The van der Waals surface area contributed by atoms with Gasteiger partial charge in [0.2, 0.25) is 0 Å². The monoisotopic (exact) mass is 572 g/mol. The fourth-order valence-corrected chi connectivity index (χ4v) is 16.7. The van der Waals surface area contributed by atoms with Gasteiger partial charge < -0.3 is 4.48 Å². The van der Waals surface area contributed by atoms with Crippen LogP contribution >= 0.6 is 0 Å². The molecule has 45 heavy (non-hydrogen) atoms. The first-order chi connectivity index (χ1) is 22.1. The van der Waals surface area contributed by atoms with Crippen molar-refractivity contribution in [3.05, 3.63) is 80.4 Å². The third kappa shape index (κ3) is 1.51. The fourth-order valence-electron chi connectivity index (χ4n) is 16.7. The number of hydrogen-bond acceptors (Lipinski definition) is 0. The maximum absolute atomic E-state index is 2.81. The molecule has 3 fully saturated rings. The Labute approximate surface area is 259 Å². The third-order valence-electron chi connectivity index (χ3n) is 17.1. The normalized spacial score (nSPS) is 43.8. The van der Waals surface area contributed by atoms with E-state index < -0.39 is 0 Å². The molecule has 1 heterocycles. The predicted octanol–water partition coefficient (Wildman–Crippen LogP) is 6.09. The van der Waals surface area contributed by atoms with Crippen LogP contribution in [0, 0.1) is 53.3 Å². The van der Waals surface area contributed by atoms with Gasteiger partial charge in [-0.15, -0.1) is 0 Å². The molecular formula is C44H30N+. The topological polar surface area (TPSA) is 0 Å². The van der Waals surface area contributed by atoms with Gasteiger partial charge in [0.05, 0.1) is 27.2 Å². The fraction of sp³-hybridized carbons (Fsp3) is 0.364. The van der Waals surface area contributed by atoms with E-state index >= 15 is 0 Å². The molecule has 0 aromatic heterocycles. The summed E-state index contributed by atoms with van der Waals surface area (Å²) >= 11 is 0. The number of hydrogen-bond donors (Lipinski definition) is 0. The molecule has 1 nitrogen and oxygen atoms in total. The molecular weight excluding hydrogens is 542 g/mol. The van der Waals surface area contributed by atoms with E-state index in [4.69, 9.17) is 0 Å². The van der Waals surface area contributed by atoms with Gasteiger partial charge in [0.25, 0.3) is 0 Å². The van der Waals surface area contributed by atoms with Gasteiger partial charge in [-0.3, -0.25) is 0 Å². The Kier molecular flexibility index (Phi) is 2.41. The maximum atomic E-state index is 2.81. The second-order valence-electron chi connectivity index (χ2n) is 18.4. The maximum Gasteiger partial charge on any atom is 0.0857 e. The molecule has 11 aliphatic rings. The molecule has 1 heteroatoms. The lowest BCUT2D eigenvalue weighted by molar-refractivity contribution is -0.880. The van der Waals surface area contributed by atoms with Crippen molar-refractivity contribution in [3.63, 3.8) is 0 Å². The molecule has 12 atom stereocenters. The molecule has 17 rings (SSSR count). The Bertz CT molecular complexity index is 2980. The largest absolute Gasteiger partial charge is 0.328 e. The molecule has 10 aliphatic carbocycles. The number of allylic oxidation sites excluding steroid dienone is 5. The summed E-state index contributed by atoms with van der Waals surface area (Å²) in [5, 5.41) is 22.5. The lowest BCUT2D eigenvalue weighted by Crippen LogP contribution is -2.44. The second kappa shape index (κ2) is 5.31. The van der Waals surface area contributed by atoms with Crippen LogP contribution in [-0.2, 0) is 0 Å². The molecule has 0 radical (unpaired) electrons. The summed E-state index contributed by atoms with van der Waals surface area (Å²) in [4.78, 5) is 0. The van der Waals surface area contributed by atoms with Gasteiger partial charge in [-0.25, -0.2) is 0 Å². The molecule has 6 aromatic carbocycles. The zero-order valence-electron chi connectivity index (χ0n) is 25.4. The van der Waals surface area contributed by atoms with Crippen LogP contribution < -0.4 is 15.7 Å². The van der Waals surface area contributed by atoms with Crippen LogP contribution in [0.5, 0.6) is 0 Å². The summed E-state index contributed by atoms with van der Waals surface area (Å²) in [6.45, 7) is 2.63. The molecule has 210 valence electrons. The van der Waals surface area contributed by atoms with Gasteiger partial charge in [0, 0.05) is 35.5 Å². The standard InChI is InChI=1S/C44H30N/c1-45(2)11-21-22(12-45)24-20-10-8-18-16-6-4-14-13-3-5-15-17-7-9-19-23(21)33-34(24)39-32(20)30(18)37-28(16)26(14)35-25(13)27(15)36-29(17)31(19)38(33)43-41(36)40(35)42(37)44(39)43/h3-10,13-15,17,19,21-23,25-27,29H,11-12H2,1-2H3/q+1. The number of fused-ring (bicyclic) bond motifs is 8. The Morgan fingerprint density at radius 2 is 1.27 bits per heavy atom. The van der Waals surface area contributed by atoms with E-state index in [1.54, 1.807) is 75.8 Å². The average Bonchev–Trinajstić information content (AvgIpc) is 3.87. The van der Waals surface area contributed by atoms with E-state index in [2.05, 4.69) is 62.7 Å². The Morgan fingerprint density at radius 3 is 2.16 bits per heavy atom. The van der Waals surface area contributed by atoms with Gasteiger partial charge in [-0.05, 0) is 144 Å². The van der Waals surface area contributed by atoms with E-state index in [-0.39, 0.29) is 0 Å². The number of nitrogens with zero attached hydrogens (tertiary/aromatic N) is 1. The van der Waals surface area contributed by atoms with E-state index in [0.29, 0.717) is 59.2 Å². The summed E-state index contributed by atoms with van der Waals surface area (Å²) in [6, 6.07) is 5.22. The lowest BCUT2D eigenvalue weighted by Gasteiger charge is -2.38. The Hall–Kier alpha value is -3.68. The van der Waals surface area contributed by atoms with Crippen molar-refractivity contribution in [2.75, 3.05) is 27.2 Å². The number of quaternary nitrogens is 1. The van der Waals surface area contributed by atoms with Gasteiger partial charge in [-0.1, -0.05) is 48.6 Å². The third-order valence-corrected chi connectivity index (χ3v) is 17.1. The summed E-state index contributed by atoms with van der Waals surface area (Å²) in [5.74, 6) is 8.03. The van der Waals surface area contributed by atoms with Crippen LogP contribution in [0.1, 0.15) is 40.0 Å². The van der Waals surface area contributed by atoms with Crippen LogP contribution in [0.2, 0.25) is 0 Å². The number of likely N-dealkylation sites (tertiary alicyclic amines) is 1. The van der Waals surface area contributed by atoms with E-state index in [1.807, 2.05) is 32.7 Å². The van der Waals surface area contributed by atoms with Crippen molar-refractivity contribution in [1.82, 2.24) is 0 Å². The van der Waals surface area contributed by atoms with Crippen molar-refractivity contribution < 1.29 is 4.48 Å². The summed E-state index contributed by atoms with van der Waals surface area (Å²) in [7, 11) is 5.07. The molecule has 0 N–H and O–H groups in total. The quantitative estimate of drug-likeness (QED) is 0.118. The molecule has 2 saturated carbocycles. The minimum Gasteiger partial charge on any atom is -0.328 e. The first-order valence-electron chi connectivity index (χ1n) is 18.1. The second-order valence-corrected chi connectivity index (χ2v) is 18.4. The highest BCUT2D eigenvalue weighted by Gasteiger charge is 2.66. The van der Waals surface area contributed by atoms with Crippen molar-refractivity contribution >= 4 is 76.7 Å². The molecule has 1 aliphatic heterocycles. The zero-order chi connectivity index (χ0) is 28.0. The van der Waals surface area contributed by atoms with E-state index in [9.17, 15) is 0 Å². The van der Waals surface area contributed by atoms with Crippen molar-refractivity contribution in [2.45, 2.75) is 17.8 Å². The highest BCUT2D eigenvalue weighted by molar-refractivity contribution is 6.46. The highest BCUT2D eigenvalue weighted by Crippen LogP contribution is 2.74. The summed E-state index contributed by atoms with van der Waals surface area (Å²) < 4.78 is 1.17. The Balaban J connectivity index is 1.29. The Morgan fingerprint density at radius 1 is 0.533 bits per heavy atom. The van der Waals surface area contributed by atoms with Gasteiger partial charge in [0.15, 0.2) is 0 Å². The SMILES string of the molecule is C[N+]1(C)CC2c3c4ccc5c6c7c8c9c%10c%11c%12c%13c(c3c(c%129)c4c58)C(C3C=CC4C(C=%133)C=%11C3C4C=CC4C(C=C6)C7C=%10C43)C2C1. The molecule has 6 aromatic rings. The zero-order valence-corrected chi connectivity index (χ0v) is 25.4. The molecule has 0 amide bonds. The van der Waals surface area contributed by atoms with Crippen molar-refractivity contribution in [1.29, 1.82) is 0 Å². The van der Waals surface area contributed by atoms with Crippen LogP contribution in [0.4, 0.5) is 0 Å². The number of rotatable bonds is 0. The highest BCUT2D eigenvalue weighted by atomic mass is 15.3.